The van der Waals surface area contributed by atoms with Gasteiger partial charge in [-0.1, -0.05) is 36.4 Å². The van der Waals surface area contributed by atoms with E-state index in [-0.39, 0.29) is 5.91 Å². The lowest BCUT2D eigenvalue weighted by molar-refractivity contribution is -0.134. The van der Waals surface area contributed by atoms with Crippen molar-refractivity contribution in [3.63, 3.8) is 0 Å². The summed E-state index contributed by atoms with van der Waals surface area (Å²) in [4.78, 5) is 24.0. The quantitative estimate of drug-likeness (QED) is 0.619. The lowest BCUT2D eigenvalue weighted by Gasteiger charge is -2.42. The van der Waals surface area contributed by atoms with E-state index in [4.69, 9.17) is 4.74 Å². The molecule has 0 aliphatic carbocycles. The van der Waals surface area contributed by atoms with Gasteiger partial charge in [-0.3, -0.25) is 9.69 Å². The van der Waals surface area contributed by atoms with E-state index in [0.717, 1.165) is 48.4 Å². The summed E-state index contributed by atoms with van der Waals surface area (Å²) in [5.41, 5.74) is 3.91. The van der Waals surface area contributed by atoms with Gasteiger partial charge in [-0.05, 0) is 54.6 Å². The zero-order valence-electron chi connectivity index (χ0n) is 18.8. The molecule has 6 heteroatoms. The minimum atomic E-state index is -0.488. The van der Waals surface area contributed by atoms with Crippen LogP contribution in [0.25, 0.3) is 11.1 Å². The fraction of sp³-hybridized carbons (Fsp3) is 0.346. The lowest BCUT2D eigenvalue weighted by atomic mass is 9.73. The number of likely N-dealkylation sites (tertiary alicyclic amines) is 1. The van der Waals surface area contributed by atoms with E-state index in [9.17, 15) is 4.79 Å². The molecule has 166 valence electrons. The second-order valence-corrected chi connectivity index (χ2v) is 8.49. The predicted octanol–water partition coefficient (Wildman–Crippen LogP) is 3.72. The van der Waals surface area contributed by atoms with Gasteiger partial charge in [0.1, 0.15) is 12.1 Å². The van der Waals surface area contributed by atoms with Crippen LogP contribution in [0.4, 0.5) is 0 Å². The summed E-state index contributed by atoms with van der Waals surface area (Å²) >= 11 is 0. The first-order valence-corrected chi connectivity index (χ1v) is 11.0. The Balaban J connectivity index is 1.61. The third kappa shape index (κ3) is 4.81. The number of methoxy groups -OCH3 is 1. The predicted molar refractivity (Wildman–Crippen MR) is 125 cm³/mol. The number of nitrogens with one attached hydrogen (secondary N) is 1. The van der Waals surface area contributed by atoms with Crippen LogP contribution in [0.15, 0.2) is 67.3 Å². The maximum atomic E-state index is 13.3. The van der Waals surface area contributed by atoms with Crippen LogP contribution in [0.2, 0.25) is 0 Å². The van der Waals surface area contributed by atoms with Crippen LogP contribution in [0.5, 0.6) is 5.75 Å². The first-order chi connectivity index (χ1) is 15.6. The molecule has 2 aromatic carbocycles. The second kappa shape index (κ2) is 9.92. The van der Waals surface area contributed by atoms with E-state index in [0.29, 0.717) is 13.0 Å². The molecule has 0 radical (unpaired) electrons. The van der Waals surface area contributed by atoms with Crippen molar-refractivity contribution in [1.29, 1.82) is 0 Å². The Hall–Kier alpha value is -3.25. The molecule has 1 aliphatic heterocycles. The average Bonchev–Trinajstić information content (AvgIpc) is 2.84. The highest BCUT2D eigenvalue weighted by atomic mass is 16.5. The zero-order valence-corrected chi connectivity index (χ0v) is 18.8. The molecule has 1 saturated heterocycles. The van der Waals surface area contributed by atoms with Crippen LogP contribution < -0.4 is 10.1 Å². The highest BCUT2D eigenvalue weighted by molar-refractivity contribution is 5.83. The molecule has 4 rings (SSSR count). The number of benzene rings is 2. The zero-order chi connectivity index (χ0) is 22.4. The standard InChI is InChI=1S/C26H30N4O2/c1-27-25(31)26(14-21-8-3-4-10-24(21)22-15-28-19-29-16-22)11-6-12-30(18-26)17-20-7-5-9-23(13-20)32-2/h3-5,7-10,13,15-16,19H,6,11-12,14,17-18H2,1-2H3,(H,27,31). The van der Waals surface area contributed by atoms with Gasteiger partial charge in [0.15, 0.2) is 0 Å². The van der Waals surface area contributed by atoms with Gasteiger partial charge in [0.2, 0.25) is 5.91 Å². The van der Waals surface area contributed by atoms with Crippen molar-refractivity contribution in [2.75, 3.05) is 27.2 Å². The average molecular weight is 431 g/mol. The van der Waals surface area contributed by atoms with Gasteiger partial charge in [0.05, 0.1) is 12.5 Å². The first-order valence-electron chi connectivity index (χ1n) is 11.0. The molecule has 0 bridgehead atoms. The SMILES string of the molecule is CNC(=O)C1(Cc2ccccc2-c2cncnc2)CCCN(Cc2cccc(OC)c2)C1. The van der Waals surface area contributed by atoms with Gasteiger partial charge in [0.25, 0.3) is 0 Å². The van der Waals surface area contributed by atoms with Crippen LogP contribution in [0, 0.1) is 5.41 Å². The Morgan fingerprint density at radius 1 is 1.16 bits per heavy atom. The molecular weight excluding hydrogens is 400 g/mol. The number of piperidine rings is 1. The van der Waals surface area contributed by atoms with Crippen molar-refractivity contribution in [2.24, 2.45) is 5.41 Å². The summed E-state index contributed by atoms with van der Waals surface area (Å²) in [5, 5.41) is 2.95. The van der Waals surface area contributed by atoms with Gasteiger partial charge in [-0.2, -0.15) is 0 Å². The molecule has 2 heterocycles. The number of rotatable bonds is 7. The van der Waals surface area contributed by atoms with E-state index in [2.05, 4.69) is 44.5 Å². The maximum absolute atomic E-state index is 13.3. The molecule has 1 fully saturated rings. The highest BCUT2D eigenvalue weighted by Crippen LogP contribution is 2.37. The van der Waals surface area contributed by atoms with E-state index >= 15 is 0 Å². The lowest BCUT2D eigenvalue weighted by Crippen LogP contribution is -2.52. The summed E-state index contributed by atoms with van der Waals surface area (Å²) in [6.45, 7) is 2.48. The van der Waals surface area contributed by atoms with Crippen LogP contribution >= 0.6 is 0 Å². The van der Waals surface area contributed by atoms with E-state index in [1.807, 2.05) is 36.7 Å². The fourth-order valence-corrected chi connectivity index (χ4v) is 4.83. The minimum absolute atomic E-state index is 0.104. The molecule has 32 heavy (non-hydrogen) atoms. The normalized spacial score (nSPS) is 18.8. The van der Waals surface area contributed by atoms with Crippen molar-refractivity contribution in [2.45, 2.75) is 25.8 Å². The number of nitrogens with zero attached hydrogens (tertiary/aromatic N) is 3. The molecule has 1 N–H and O–H groups in total. The van der Waals surface area contributed by atoms with E-state index in [1.54, 1.807) is 14.2 Å². The van der Waals surface area contributed by atoms with Crippen molar-refractivity contribution >= 4 is 5.91 Å². The molecule has 0 spiro atoms. The van der Waals surface area contributed by atoms with Gasteiger partial charge < -0.3 is 10.1 Å². The van der Waals surface area contributed by atoms with Crippen molar-refractivity contribution in [1.82, 2.24) is 20.2 Å². The first kappa shape index (κ1) is 22.0. The molecule has 0 saturated carbocycles. The number of hydrogen-bond donors (Lipinski definition) is 1. The summed E-state index contributed by atoms with van der Waals surface area (Å²) in [6, 6.07) is 16.4. The summed E-state index contributed by atoms with van der Waals surface area (Å²) in [5.74, 6) is 0.961. The molecular formula is C26H30N4O2. The van der Waals surface area contributed by atoms with Crippen LogP contribution in [0.3, 0.4) is 0 Å². The molecule has 6 nitrogen and oxygen atoms in total. The Labute approximate surface area is 189 Å². The number of carbonyl (C=O) groups is 1. The number of amides is 1. The molecule has 1 aliphatic rings. The number of carbonyl (C=O) groups excluding carboxylic acids is 1. The molecule has 1 atom stereocenters. The Bertz CT molecular complexity index is 1060. The van der Waals surface area contributed by atoms with Gasteiger partial charge in [0, 0.05) is 38.1 Å². The number of ether oxygens (including phenoxy) is 1. The van der Waals surface area contributed by atoms with Crippen LogP contribution in [-0.2, 0) is 17.8 Å². The third-order valence-electron chi connectivity index (χ3n) is 6.32. The topological polar surface area (TPSA) is 67.4 Å². The summed E-state index contributed by atoms with van der Waals surface area (Å²) < 4.78 is 5.38. The second-order valence-electron chi connectivity index (χ2n) is 8.49. The van der Waals surface area contributed by atoms with Crippen LogP contribution in [0.1, 0.15) is 24.0 Å². The largest absolute Gasteiger partial charge is 0.497 e. The van der Waals surface area contributed by atoms with E-state index in [1.165, 1.54) is 11.9 Å². The molecule has 1 aromatic heterocycles. The molecule has 3 aromatic rings. The van der Waals surface area contributed by atoms with Crippen molar-refractivity contribution in [3.05, 3.63) is 78.4 Å². The van der Waals surface area contributed by atoms with Crippen LogP contribution in [-0.4, -0.2) is 48.0 Å². The van der Waals surface area contributed by atoms with Gasteiger partial charge in [-0.25, -0.2) is 9.97 Å². The van der Waals surface area contributed by atoms with Crippen molar-refractivity contribution in [3.8, 4) is 16.9 Å². The Morgan fingerprint density at radius 3 is 2.75 bits per heavy atom. The minimum Gasteiger partial charge on any atom is -0.497 e. The maximum Gasteiger partial charge on any atom is 0.227 e. The molecule has 1 amide bonds. The summed E-state index contributed by atoms with van der Waals surface area (Å²) in [6.07, 6.45) is 7.71. The fourth-order valence-electron chi connectivity index (χ4n) is 4.83. The third-order valence-corrected chi connectivity index (χ3v) is 6.32. The molecule has 1 unspecified atom stereocenters. The van der Waals surface area contributed by atoms with Gasteiger partial charge in [-0.15, -0.1) is 0 Å². The number of aromatic nitrogens is 2. The monoisotopic (exact) mass is 430 g/mol. The van der Waals surface area contributed by atoms with Gasteiger partial charge >= 0.3 is 0 Å². The number of hydrogen-bond acceptors (Lipinski definition) is 5. The Kier molecular flexibility index (Phi) is 6.81. The highest BCUT2D eigenvalue weighted by Gasteiger charge is 2.42. The van der Waals surface area contributed by atoms with E-state index < -0.39 is 5.41 Å². The smallest absolute Gasteiger partial charge is 0.227 e. The summed E-state index contributed by atoms with van der Waals surface area (Å²) in [7, 11) is 3.42. The Morgan fingerprint density at radius 2 is 1.97 bits per heavy atom. The van der Waals surface area contributed by atoms with Crippen molar-refractivity contribution < 1.29 is 9.53 Å².